The van der Waals surface area contributed by atoms with E-state index in [1.165, 1.54) is 0 Å². The average Bonchev–Trinajstić information content (AvgIpc) is 3.34. The minimum atomic E-state index is -3.55. The Labute approximate surface area is 157 Å². The largest absolute Gasteiger partial charge is 0.340 e. The highest BCUT2D eigenvalue weighted by Gasteiger charge is 2.43. The summed E-state index contributed by atoms with van der Waals surface area (Å²) < 4.78 is 28.2. The quantitative estimate of drug-likeness (QED) is 0.813. The van der Waals surface area contributed by atoms with E-state index in [0.717, 1.165) is 34.2 Å². The molecule has 0 N–H and O–H groups in total. The van der Waals surface area contributed by atoms with Gasteiger partial charge in [-0.2, -0.15) is 4.31 Å². The highest BCUT2D eigenvalue weighted by atomic mass is 32.2. The number of benzene rings is 1. The highest BCUT2D eigenvalue weighted by Crippen LogP contribution is 2.39. The molecule has 2 aliphatic rings. The van der Waals surface area contributed by atoms with E-state index >= 15 is 0 Å². The molecule has 1 saturated carbocycles. The molecular formula is C20H30N2O3S. The Morgan fingerprint density at radius 2 is 1.27 bits per heavy atom. The zero-order valence-electron chi connectivity index (χ0n) is 16.7. The van der Waals surface area contributed by atoms with Crippen molar-refractivity contribution in [1.82, 2.24) is 9.21 Å². The van der Waals surface area contributed by atoms with Crippen LogP contribution < -0.4 is 0 Å². The lowest BCUT2D eigenvalue weighted by Gasteiger charge is -2.35. The Morgan fingerprint density at radius 3 is 1.69 bits per heavy atom. The lowest BCUT2D eigenvalue weighted by molar-refractivity contribution is -0.134. The Kier molecular flexibility index (Phi) is 4.95. The average molecular weight is 379 g/mol. The summed E-state index contributed by atoms with van der Waals surface area (Å²) in [6.45, 7) is 13.6. The van der Waals surface area contributed by atoms with E-state index in [9.17, 15) is 13.2 Å². The molecule has 1 amide bonds. The number of sulfonamides is 1. The van der Waals surface area contributed by atoms with Crippen molar-refractivity contribution in [3.63, 3.8) is 0 Å². The highest BCUT2D eigenvalue weighted by molar-refractivity contribution is 7.89. The maximum Gasteiger partial charge on any atom is 0.243 e. The summed E-state index contributed by atoms with van der Waals surface area (Å²) in [6.07, 6.45) is 0.970. The Hall–Kier alpha value is -1.40. The molecule has 2 atom stereocenters. The summed E-state index contributed by atoms with van der Waals surface area (Å²) >= 11 is 0. The van der Waals surface area contributed by atoms with Crippen LogP contribution >= 0.6 is 0 Å². The summed E-state index contributed by atoms with van der Waals surface area (Å²) in [5.41, 5.74) is 4.94. The van der Waals surface area contributed by atoms with Gasteiger partial charge in [0, 0.05) is 32.1 Å². The first-order valence-corrected chi connectivity index (χ1v) is 10.9. The van der Waals surface area contributed by atoms with Crippen molar-refractivity contribution in [2.24, 2.45) is 11.8 Å². The van der Waals surface area contributed by atoms with Gasteiger partial charge in [-0.15, -0.1) is 0 Å². The van der Waals surface area contributed by atoms with Gasteiger partial charge in [0.15, 0.2) is 0 Å². The van der Waals surface area contributed by atoms with Crippen molar-refractivity contribution in [3.8, 4) is 0 Å². The summed E-state index contributed by atoms with van der Waals surface area (Å²) in [7, 11) is -3.55. The SMILES string of the molecule is Cc1c(C)c(C)c(S(=O)(=O)N2CCN(C(=O)[C@H]3C[C@H]3C)CC2)c(C)c1C. The van der Waals surface area contributed by atoms with Gasteiger partial charge in [-0.25, -0.2) is 8.42 Å². The van der Waals surface area contributed by atoms with Crippen LogP contribution in [0, 0.1) is 46.5 Å². The van der Waals surface area contributed by atoms with Gasteiger partial charge in [-0.05, 0) is 74.8 Å². The topological polar surface area (TPSA) is 57.7 Å². The number of piperazine rings is 1. The van der Waals surface area contributed by atoms with E-state index in [4.69, 9.17) is 0 Å². The molecule has 0 spiro atoms. The maximum absolute atomic E-state index is 13.3. The van der Waals surface area contributed by atoms with Crippen LogP contribution in [0.2, 0.25) is 0 Å². The minimum absolute atomic E-state index is 0.157. The Morgan fingerprint density at radius 1 is 0.846 bits per heavy atom. The van der Waals surface area contributed by atoms with E-state index in [2.05, 4.69) is 6.92 Å². The molecule has 26 heavy (non-hydrogen) atoms. The number of nitrogens with zero attached hydrogens (tertiary/aromatic N) is 2. The number of hydrogen-bond acceptors (Lipinski definition) is 3. The zero-order valence-corrected chi connectivity index (χ0v) is 17.5. The molecule has 0 unspecified atom stereocenters. The summed E-state index contributed by atoms with van der Waals surface area (Å²) in [5.74, 6) is 0.835. The molecule has 0 bridgehead atoms. The molecule has 0 aromatic heterocycles. The third-order valence-electron chi connectivity index (χ3n) is 6.51. The van der Waals surface area contributed by atoms with E-state index in [1.807, 2.05) is 39.5 Å². The van der Waals surface area contributed by atoms with E-state index in [0.29, 0.717) is 37.0 Å². The Balaban J connectivity index is 1.84. The van der Waals surface area contributed by atoms with Crippen molar-refractivity contribution >= 4 is 15.9 Å². The van der Waals surface area contributed by atoms with Crippen molar-refractivity contribution in [2.75, 3.05) is 26.2 Å². The fraction of sp³-hybridized carbons (Fsp3) is 0.650. The van der Waals surface area contributed by atoms with Gasteiger partial charge in [0.2, 0.25) is 15.9 Å². The summed E-state index contributed by atoms with van der Waals surface area (Å²) in [6, 6.07) is 0. The van der Waals surface area contributed by atoms with Gasteiger partial charge >= 0.3 is 0 Å². The molecule has 5 nitrogen and oxygen atoms in total. The van der Waals surface area contributed by atoms with Gasteiger partial charge in [-0.1, -0.05) is 6.92 Å². The third-order valence-corrected chi connectivity index (χ3v) is 8.68. The normalized spacial score (nSPS) is 24.0. The zero-order chi connectivity index (χ0) is 19.4. The fourth-order valence-corrected chi connectivity index (χ4v) is 6.01. The number of hydrogen-bond donors (Lipinski definition) is 0. The lowest BCUT2D eigenvalue weighted by Crippen LogP contribution is -2.51. The van der Waals surface area contributed by atoms with E-state index in [-0.39, 0.29) is 11.8 Å². The van der Waals surface area contributed by atoms with Crippen LogP contribution in [0.1, 0.15) is 41.2 Å². The molecule has 1 aliphatic carbocycles. The molecular weight excluding hydrogens is 348 g/mol. The van der Waals surface area contributed by atoms with Crippen LogP contribution in [0.5, 0.6) is 0 Å². The molecule has 1 aromatic rings. The standard InChI is InChI=1S/C20H30N2O3S/c1-12-11-18(12)20(23)21-7-9-22(10-8-21)26(24,25)19-16(5)14(3)13(2)15(4)17(19)6/h12,18H,7-11H2,1-6H3/t12-,18+/m1/s1. The van der Waals surface area contributed by atoms with Crippen molar-refractivity contribution in [2.45, 2.75) is 52.9 Å². The first kappa shape index (κ1) is 19.4. The smallest absolute Gasteiger partial charge is 0.243 e. The monoisotopic (exact) mass is 378 g/mol. The molecule has 1 heterocycles. The number of rotatable bonds is 3. The van der Waals surface area contributed by atoms with Gasteiger partial charge in [-0.3, -0.25) is 4.79 Å². The van der Waals surface area contributed by atoms with Crippen LogP contribution in [0.25, 0.3) is 0 Å². The number of amides is 1. The van der Waals surface area contributed by atoms with Gasteiger partial charge in [0.05, 0.1) is 4.90 Å². The summed E-state index contributed by atoms with van der Waals surface area (Å²) in [5, 5.41) is 0. The second-order valence-electron chi connectivity index (χ2n) is 8.00. The third kappa shape index (κ3) is 3.07. The van der Waals surface area contributed by atoms with Crippen molar-refractivity contribution < 1.29 is 13.2 Å². The van der Waals surface area contributed by atoms with Gasteiger partial charge < -0.3 is 4.90 Å². The number of carbonyl (C=O) groups excluding carboxylic acids is 1. The molecule has 1 aromatic carbocycles. The second-order valence-corrected chi connectivity index (χ2v) is 9.88. The fourth-order valence-electron chi connectivity index (χ4n) is 4.03. The van der Waals surface area contributed by atoms with Gasteiger partial charge in [0.25, 0.3) is 0 Å². The van der Waals surface area contributed by atoms with Crippen LogP contribution in [0.15, 0.2) is 4.90 Å². The Bertz CT molecular complexity index is 823. The summed E-state index contributed by atoms with van der Waals surface area (Å²) in [4.78, 5) is 14.7. The first-order valence-electron chi connectivity index (χ1n) is 9.43. The van der Waals surface area contributed by atoms with Crippen LogP contribution in [0.4, 0.5) is 0 Å². The molecule has 6 heteroatoms. The van der Waals surface area contributed by atoms with E-state index < -0.39 is 10.0 Å². The molecule has 3 rings (SSSR count). The van der Waals surface area contributed by atoms with Gasteiger partial charge in [0.1, 0.15) is 0 Å². The minimum Gasteiger partial charge on any atom is -0.340 e. The molecule has 144 valence electrons. The molecule has 1 saturated heterocycles. The first-order chi connectivity index (χ1) is 12.1. The molecule has 0 radical (unpaired) electrons. The van der Waals surface area contributed by atoms with Crippen LogP contribution in [0.3, 0.4) is 0 Å². The molecule has 1 aliphatic heterocycles. The van der Waals surface area contributed by atoms with Crippen molar-refractivity contribution in [1.29, 1.82) is 0 Å². The van der Waals surface area contributed by atoms with Crippen molar-refractivity contribution in [3.05, 3.63) is 27.8 Å². The predicted molar refractivity (Wildman–Crippen MR) is 103 cm³/mol. The lowest BCUT2D eigenvalue weighted by atomic mass is 9.95. The maximum atomic E-state index is 13.3. The van der Waals surface area contributed by atoms with Crippen LogP contribution in [-0.2, 0) is 14.8 Å². The predicted octanol–water partition coefficient (Wildman–Crippen LogP) is 2.72. The number of carbonyl (C=O) groups is 1. The molecule has 2 fully saturated rings. The van der Waals surface area contributed by atoms with Crippen LogP contribution in [-0.4, -0.2) is 49.7 Å². The second kappa shape index (κ2) is 6.64. The van der Waals surface area contributed by atoms with E-state index in [1.54, 1.807) is 4.31 Å².